The van der Waals surface area contributed by atoms with Crippen molar-refractivity contribution >= 4 is 0 Å². The molecular formula is C15H23FNO+. The molecule has 1 aromatic rings. The number of hydrogen-bond acceptors (Lipinski definition) is 1. The smallest absolute Gasteiger partial charge is 0.123 e. The number of benzene rings is 1. The van der Waals surface area contributed by atoms with Gasteiger partial charge in [-0.25, -0.2) is 4.39 Å². The van der Waals surface area contributed by atoms with Gasteiger partial charge in [-0.05, 0) is 30.5 Å². The molecule has 0 amide bonds. The van der Waals surface area contributed by atoms with E-state index in [0.29, 0.717) is 12.1 Å². The van der Waals surface area contributed by atoms with Crippen molar-refractivity contribution < 1.29 is 14.4 Å². The molecule has 1 aliphatic rings. The summed E-state index contributed by atoms with van der Waals surface area (Å²) in [7, 11) is 1.81. The monoisotopic (exact) mass is 252 g/mol. The van der Waals surface area contributed by atoms with Gasteiger partial charge in [0.25, 0.3) is 0 Å². The highest BCUT2D eigenvalue weighted by molar-refractivity contribution is 5.16. The third kappa shape index (κ3) is 3.79. The summed E-state index contributed by atoms with van der Waals surface area (Å²) in [6.07, 6.45) is 6.32. The second kappa shape index (κ2) is 6.86. The maximum absolute atomic E-state index is 13.0. The van der Waals surface area contributed by atoms with Crippen LogP contribution in [0.25, 0.3) is 0 Å². The van der Waals surface area contributed by atoms with E-state index in [9.17, 15) is 4.39 Å². The highest BCUT2D eigenvalue weighted by Crippen LogP contribution is 2.18. The van der Waals surface area contributed by atoms with Crippen molar-refractivity contribution in [1.82, 2.24) is 0 Å². The first kappa shape index (κ1) is 13.5. The lowest BCUT2D eigenvalue weighted by Gasteiger charge is -2.28. The van der Waals surface area contributed by atoms with E-state index in [0.717, 1.165) is 18.5 Å². The Balaban J connectivity index is 1.77. The minimum atomic E-state index is -0.139. The van der Waals surface area contributed by atoms with E-state index in [1.54, 1.807) is 12.1 Å². The number of methoxy groups -OCH3 is 1. The molecule has 0 spiro atoms. The zero-order valence-electron chi connectivity index (χ0n) is 11.1. The first-order valence-electron chi connectivity index (χ1n) is 6.90. The zero-order chi connectivity index (χ0) is 12.8. The third-order valence-corrected chi connectivity index (χ3v) is 3.85. The number of rotatable bonds is 5. The van der Waals surface area contributed by atoms with Crippen LogP contribution in [-0.4, -0.2) is 25.8 Å². The molecule has 2 rings (SSSR count). The van der Waals surface area contributed by atoms with Gasteiger partial charge in [0.2, 0.25) is 0 Å². The molecule has 0 radical (unpaired) electrons. The minimum absolute atomic E-state index is 0.139. The number of nitrogens with two attached hydrogens (primary N) is 1. The topological polar surface area (TPSA) is 25.8 Å². The van der Waals surface area contributed by atoms with Crippen LogP contribution in [0.1, 0.15) is 31.2 Å². The fourth-order valence-corrected chi connectivity index (χ4v) is 2.84. The Morgan fingerprint density at radius 2 is 2.17 bits per heavy atom. The van der Waals surface area contributed by atoms with E-state index >= 15 is 0 Å². The van der Waals surface area contributed by atoms with Gasteiger partial charge in [0.05, 0.1) is 6.54 Å². The lowest BCUT2D eigenvalue weighted by molar-refractivity contribution is -0.698. The van der Waals surface area contributed by atoms with Gasteiger partial charge >= 0.3 is 0 Å². The van der Waals surface area contributed by atoms with Crippen LogP contribution in [0.4, 0.5) is 4.39 Å². The Kier molecular flexibility index (Phi) is 5.14. The van der Waals surface area contributed by atoms with Crippen LogP contribution in [0.3, 0.4) is 0 Å². The highest BCUT2D eigenvalue weighted by atomic mass is 19.1. The SMILES string of the molecule is CO[C@@H]1CCCC[C@@H]1[NH2+]CCc1cccc(F)c1. The molecule has 0 heterocycles. The molecule has 1 fully saturated rings. The number of quaternary nitrogens is 1. The molecule has 18 heavy (non-hydrogen) atoms. The molecule has 1 saturated carbocycles. The van der Waals surface area contributed by atoms with Crippen molar-refractivity contribution in [2.45, 2.75) is 44.2 Å². The summed E-state index contributed by atoms with van der Waals surface area (Å²) in [4.78, 5) is 0. The summed E-state index contributed by atoms with van der Waals surface area (Å²) in [6, 6.07) is 7.48. The van der Waals surface area contributed by atoms with Gasteiger partial charge in [-0.15, -0.1) is 0 Å². The highest BCUT2D eigenvalue weighted by Gasteiger charge is 2.27. The van der Waals surface area contributed by atoms with Crippen molar-refractivity contribution in [3.63, 3.8) is 0 Å². The summed E-state index contributed by atoms with van der Waals surface area (Å²) in [5.41, 5.74) is 1.08. The van der Waals surface area contributed by atoms with E-state index in [4.69, 9.17) is 4.74 Å². The fraction of sp³-hybridized carbons (Fsp3) is 0.600. The summed E-state index contributed by atoms with van der Waals surface area (Å²) < 4.78 is 18.6. The second-order valence-corrected chi connectivity index (χ2v) is 5.13. The Hall–Kier alpha value is -0.930. The predicted octanol–water partition coefficient (Wildman–Crippen LogP) is 1.89. The molecule has 1 aliphatic carbocycles. The van der Waals surface area contributed by atoms with Crippen LogP contribution in [0, 0.1) is 5.82 Å². The Morgan fingerprint density at radius 3 is 2.94 bits per heavy atom. The number of hydrogen-bond donors (Lipinski definition) is 1. The minimum Gasteiger partial charge on any atom is -0.375 e. The summed E-state index contributed by atoms with van der Waals surface area (Å²) >= 11 is 0. The average Bonchev–Trinajstić information content (AvgIpc) is 2.39. The quantitative estimate of drug-likeness (QED) is 0.851. The molecule has 0 aliphatic heterocycles. The van der Waals surface area contributed by atoms with Gasteiger partial charge in [-0.1, -0.05) is 18.6 Å². The van der Waals surface area contributed by atoms with Crippen molar-refractivity contribution in [1.29, 1.82) is 0 Å². The van der Waals surface area contributed by atoms with Gasteiger partial charge in [0.15, 0.2) is 0 Å². The molecular weight excluding hydrogens is 229 g/mol. The third-order valence-electron chi connectivity index (χ3n) is 3.85. The maximum Gasteiger partial charge on any atom is 0.123 e. The van der Waals surface area contributed by atoms with Crippen LogP contribution in [-0.2, 0) is 11.2 Å². The zero-order valence-corrected chi connectivity index (χ0v) is 11.1. The van der Waals surface area contributed by atoms with Crippen LogP contribution >= 0.6 is 0 Å². The number of halogens is 1. The van der Waals surface area contributed by atoms with E-state index in [1.807, 2.05) is 13.2 Å². The van der Waals surface area contributed by atoms with Crippen LogP contribution in [0.2, 0.25) is 0 Å². The number of ether oxygens (including phenoxy) is 1. The van der Waals surface area contributed by atoms with Crippen LogP contribution in [0.5, 0.6) is 0 Å². The lowest BCUT2D eigenvalue weighted by atomic mass is 9.92. The summed E-state index contributed by atoms with van der Waals surface area (Å²) in [6.45, 7) is 1.01. The first-order valence-corrected chi connectivity index (χ1v) is 6.90. The molecule has 2 atom stereocenters. The normalized spacial score (nSPS) is 24.1. The Labute approximate surface area is 109 Å². The lowest BCUT2D eigenvalue weighted by Crippen LogP contribution is -2.93. The predicted molar refractivity (Wildman–Crippen MR) is 69.9 cm³/mol. The Bertz CT molecular complexity index is 369. The van der Waals surface area contributed by atoms with E-state index in [2.05, 4.69) is 5.32 Å². The molecule has 3 heteroatoms. The maximum atomic E-state index is 13.0. The second-order valence-electron chi connectivity index (χ2n) is 5.13. The van der Waals surface area contributed by atoms with Crippen molar-refractivity contribution in [3.8, 4) is 0 Å². The molecule has 2 N–H and O–H groups in total. The van der Waals surface area contributed by atoms with E-state index < -0.39 is 0 Å². The van der Waals surface area contributed by atoms with Gasteiger partial charge in [-0.3, -0.25) is 0 Å². The van der Waals surface area contributed by atoms with E-state index in [1.165, 1.54) is 31.7 Å². The molecule has 0 saturated heterocycles. The van der Waals surface area contributed by atoms with Gasteiger partial charge < -0.3 is 10.1 Å². The average molecular weight is 252 g/mol. The molecule has 0 bridgehead atoms. The summed E-state index contributed by atoms with van der Waals surface area (Å²) in [5.74, 6) is -0.139. The van der Waals surface area contributed by atoms with Crippen LogP contribution in [0.15, 0.2) is 24.3 Å². The summed E-state index contributed by atoms with van der Waals surface area (Å²) in [5, 5.41) is 2.37. The first-order chi connectivity index (χ1) is 8.79. The van der Waals surface area contributed by atoms with E-state index in [-0.39, 0.29) is 5.82 Å². The van der Waals surface area contributed by atoms with Crippen molar-refractivity contribution in [2.24, 2.45) is 0 Å². The van der Waals surface area contributed by atoms with Gasteiger partial charge in [0.1, 0.15) is 18.0 Å². The van der Waals surface area contributed by atoms with Crippen molar-refractivity contribution in [3.05, 3.63) is 35.6 Å². The molecule has 0 unspecified atom stereocenters. The molecule has 0 aromatic heterocycles. The standard InChI is InChI=1S/C15H22FNO/c1-18-15-8-3-2-7-14(15)17-10-9-12-5-4-6-13(16)11-12/h4-6,11,14-15,17H,2-3,7-10H2,1H3/p+1/t14-,15+/m0/s1. The largest absolute Gasteiger partial charge is 0.375 e. The van der Waals surface area contributed by atoms with Crippen LogP contribution < -0.4 is 5.32 Å². The molecule has 100 valence electrons. The fourth-order valence-electron chi connectivity index (χ4n) is 2.84. The van der Waals surface area contributed by atoms with Gasteiger partial charge in [0, 0.05) is 20.0 Å². The van der Waals surface area contributed by atoms with Crippen molar-refractivity contribution in [2.75, 3.05) is 13.7 Å². The molecule has 1 aromatic carbocycles. The molecule has 2 nitrogen and oxygen atoms in total. The van der Waals surface area contributed by atoms with Gasteiger partial charge in [-0.2, -0.15) is 0 Å². The Morgan fingerprint density at radius 1 is 1.33 bits per heavy atom.